The second kappa shape index (κ2) is 7.99. The minimum atomic E-state index is -0.289. The van der Waals surface area contributed by atoms with Crippen LogP contribution in [0, 0.1) is 5.92 Å². The highest BCUT2D eigenvalue weighted by Gasteiger charge is 2.38. The van der Waals surface area contributed by atoms with Crippen LogP contribution in [0.2, 0.25) is 0 Å². The van der Waals surface area contributed by atoms with Crippen molar-refractivity contribution in [3.8, 4) is 5.75 Å². The van der Waals surface area contributed by atoms with Crippen molar-refractivity contribution in [3.63, 3.8) is 0 Å². The Morgan fingerprint density at radius 2 is 2.08 bits per heavy atom. The van der Waals surface area contributed by atoms with Crippen LogP contribution in [0.5, 0.6) is 5.75 Å². The fourth-order valence-corrected chi connectivity index (χ4v) is 3.39. The summed E-state index contributed by atoms with van der Waals surface area (Å²) in [6.07, 6.45) is 4.36. The van der Waals surface area contributed by atoms with Crippen molar-refractivity contribution in [3.05, 3.63) is 59.9 Å². The molecule has 136 valence electrons. The number of aromatic nitrogens is 1. The van der Waals surface area contributed by atoms with E-state index in [-0.39, 0.29) is 23.8 Å². The van der Waals surface area contributed by atoms with Gasteiger partial charge in [0.05, 0.1) is 19.1 Å². The molecular formula is C20H23N3O3. The number of carbonyl (C=O) groups is 2. The summed E-state index contributed by atoms with van der Waals surface area (Å²) in [5, 5.41) is 2.98. The van der Waals surface area contributed by atoms with E-state index in [2.05, 4.69) is 10.3 Å². The Balaban J connectivity index is 1.78. The lowest BCUT2D eigenvalue weighted by atomic mass is 9.84. The van der Waals surface area contributed by atoms with Gasteiger partial charge in [-0.25, -0.2) is 0 Å². The summed E-state index contributed by atoms with van der Waals surface area (Å²) in [4.78, 5) is 30.8. The Morgan fingerprint density at radius 3 is 2.73 bits per heavy atom. The minimum Gasteiger partial charge on any atom is -0.497 e. The fourth-order valence-electron chi connectivity index (χ4n) is 3.39. The number of methoxy groups -OCH3 is 1. The van der Waals surface area contributed by atoms with E-state index in [9.17, 15) is 9.59 Å². The van der Waals surface area contributed by atoms with Crippen molar-refractivity contribution in [1.82, 2.24) is 15.2 Å². The predicted molar refractivity (Wildman–Crippen MR) is 97.3 cm³/mol. The number of benzene rings is 1. The monoisotopic (exact) mass is 353 g/mol. The van der Waals surface area contributed by atoms with E-state index < -0.39 is 0 Å². The van der Waals surface area contributed by atoms with Gasteiger partial charge in [0.25, 0.3) is 0 Å². The zero-order chi connectivity index (χ0) is 18.5. The lowest BCUT2D eigenvalue weighted by Gasteiger charge is -2.38. The van der Waals surface area contributed by atoms with E-state index in [0.717, 1.165) is 16.9 Å². The Labute approximate surface area is 153 Å². The molecule has 1 saturated heterocycles. The molecule has 0 spiro atoms. The zero-order valence-electron chi connectivity index (χ0n) is 15.0. The Bertz CT molecular complexity index is 762. The third kappa shape index (κ3) is 3.85. The largest absolute Gasteiger partial charge is 0.497 e. The molecule has 26 heavy (non-hydrogen) atoms. The smallest absolute Gasteiger partial charge is 0.225 e. The molecule has 0 aliphatic carbocycles. The number of nitrogens with one attached hydrogen (secondary N) is 1. The first-order chi connectivity index (χ1) is 12.6. The summed E-state index contributed by atoms with van der Waals surface area (Å²) in [5.74, 6) is 0.468. The number of hydrogen-bond acceptors (Lipinski definition) is 4. The Hall–Kier alpha value is -2.89. The molecule has 1 N–H and O–H groups in total. The van der Waals surface area contributed by atoms with Gasteiger partial charge in [-0.05, 0) is 35.7 Å². The van der Waals surface area contributed by atoms with Gasteiger partial charge in [0.15, 0.2) is 0 Å². The molecule has 1 fully saturated rings. The molecule has 1 aliphatic heterocycles. The molecule has 0 radical (unpaired) electrons. The molecule has 2 amide bonds. The third-order valence-electron chi connectivity index (χ3n) is 4.84. The van der Waals surface area contributed by atoms with Crippen molar-refractivity contribution in [2.75, 3.05) is 14.2 Å². The summed E-state index contributed by atoms with van der Waals surface area (Å²) < 4.78 is 5.20. The van der Waals surface area contributed by atoms with Gasteiger partial charge in [-0.1, -0.05) is 18.2 Å². The number of amides is 2. The van der Waals surface area contributed by atoms with E-state index in [1.807, 2.05) is 36.4 Å². The first-order valence-electron chi connectivity index (χ1n) is 8.66. The Morgan fingerprint density at radius 1 is 1.31 bits per heavy atom. The molecule has 0 bridgehead atoms. The molecule has 2 atom stereocenters. The molecule has 0 unspecified atom stereocenters. The van der Waals surface area contributed by atoms with Gasteiger partial charge in [0.2, 0.25) is 11.8 Å². The first kappa shape index (κ1) is 17.9. The maximum absolute atomic E-state index is 12.8. The van der Waals surface area contributed by atoms with E-state index in [1.54, 1.807) is 31.5 Å². The minimum absolute atomic E-state index is 0.0472. The molecule has 1 aromatic carbocycles. The summed E-state index contributed by atoms with van der Waals surface area (Å²) in [5.41, 5.74) is 1.88. The van der Waals surface area contributed by atoms with Crippen LogP contribution >= 0.6 is 0 Å². The number of carbonyl (C=O) groups excluding carboxylic acids is 2. The third-order valence-corrected chi connectivity index (χ3v) is 4.84. The van der Waals surface area contributed by atoms with Crippen LogP contribution in [-0.4, -0.2) is 35.9 Å². The van der Waals surface area contributed by atoms with Crippen LogP contribution in [0.25, 0.3) is 0 Å². The molecule has 1 aliphatic rings. The average Bonchev–Trinajstić information content (AvgIpc) is 2.69. The summed E-state index contributed by atoms with van der Waals surface area (Å²) >= 11 is 0. The van der Waals surface area contributed by atoms with Crippen molar-refractivity contribution in [2.24, 2.45) is 5.92 Å². The number of hydrogen-bond donors (Lipinski definition) is 1. The molecule has 2 aromatic rings. The van der Waals surface area contributed by atoms with Crippen LogP contribution in [0.15, 0.2) is 48.8 Å². The maximum atomic E-state index is 12.8. The molecule has 0 saturated carbocycles. The standard InChI is InChI=1S/C20H23N3O3/c1-23-18(24)10-9-17(19(23)15-5-7-16(26-2)8-6-15)20(25)22-13-14-4-3-11-21-12-14/h3-8,11-12,17,19H,9-10,13H2,1-2H3,(H,22,25)/t17-,19-/m0/s1. The quantitative estimate of drug-likeness (QED) is 0.895. The number of pyridine rings is 1. The van der Waals surface area contributed by atoms with Gasteiger partial charge < -0.3 is 15.0 Å². The van der Waals surface area contributed by atoms with Crippen LogP contribution in [-0.2, 0) is 16.1 Å². The van der Waals surface area contributed by atoms with Gasteiger partial charge in [0.1, 0.15) is 5.75 Å². The van der Waals surface area contributed by atoms with Crippen LogP contribution in [0.4, 0.5) is 0 Å². The number of likely N-dealkylation sites (tertiary alicyclic amines) is 1. The summed E-state index contributed by atoms with van der Waals surface area (Å²) in [7, 11) is 3.37. The summed E-state index contributed by atoms with van der Waals surface area (Å²) in [6, 6.07) is 11.0. The number of nitrogens with zero attached hydrogens (tertiary/aromatic N) is 2. The lowest BCUT2D eigenvalue weighted by Crippen LogP contribution is -2.46. The van der Waals surface area contributed by atoms with Gasteiger partial charge in [-0.2, -0.15) is 0 Å². The number of piperidine rings is 1. The average molecular weight is 353 g/mol. The van der Waals surface area contributed by atoms with E-state index in [4.69, 9.17) is 4.74 Å². The molecule has 2 heterocycles. The number of rotatable bonds is 5. The first-order valence-corrected chi connectivity index (χ1v) is 8.66. The maximum Gasteiger partial charge on any atom is 0.225 e. The molecule has 6 nitrogen and oxygen atoms in total. The highest BCUT2D eigenvalue weighted by Crippen LogP contribution is 2.36. The zero-order valence-corrected chi connectivity index (χ0v) is 15.0. The predicted octanol–water partition coefficient (Wildman–Crippen LogP) is 2.32. The normalized spacial score (nSPS) is 19.9. The van der Waals surface area contributed by atoms with E-state index >= 15 is 0 Å². The molecule has 1 aromatic heterocycles. The Kier molecular flexibility index (Phi) is 5.51. The molecule has 3 rings (SSSR count). The van der Waals surface area contributed by atoms with Crippen molar-refractivity contribution < 1.29 is 14.3 Å². The molecular weight excluding hydrogens is 330 g/mol. The fraction of sp³-hybridized carbons (Fsp3) is 0.350. The second-order valence-electron chi connectivity index (χ2n) is 6.45. The van der Waals surface area contributed by atoms with Gasteiger partial charge >= 0.3 is 0 Å². The van der Waals surface area contributed by atoms with E-state index in [1.165, 1.54) is 0 Å². The van der Waals surface area contributed by atoms with Gasteiger partial charge in [-0.15, -0.1) is 0 Å². The van der Waals surface area contributed by atoms with Crippen LogP contribution in [0.1, 0.15) is 30.0 Å². The van der Waals surface area contributed by atoms with Crippen molar-refractivity contribution in [1.29, 1.82) is 0 Å². The topological polar surface area (TPSA) is 71.5 Å². The highest BCUT2D eigenvalue weighted by molar-refractivity contribution is 5.84. The lowest BCUT2D eigenvalue weighted by molar-refractivity contribution is -0.141. The molecule has 6 heteroatoms. The van der Waals surface area contributed by atoms with E-state index in [0.29, 0.717) is 19.4 Å². The van der Waals surface area contributed by atoms with Gasteiger partial charge in [0, 0.05) is 32.4 Å². The van der Waals surface area contributed by atoms with Crippen LogP contribution in [0.3, 0.4) is 0 Å². The second-order valence-corrected chi connectivity index (χ2v) is 6.45. The van der Waals surface area contributed by atoms with Crippen molar-refractivity contribution >= 4 is 11.8 Å². The summed E-state index contributed by atoms with van der Waals surface area (Å²) in [6.45, 7) is 0.427. The highest BCUT2D eigenvalue weighted by atomic mass is 16.5. The van der Waals surface area contributed by atoms with Crippen molar-refractivity contribution in [2.45, 2.75) is 25.4 Å². The van der Waals surface area contributed by atoms with Gasteiger partial charge in [-0.3, -0.25) is 14.6 Å². The van der Waals surface area contributed by atoms with Crippen LogP contribution < -0.4 is 10.1 Å². The SMILES string of the molecule is COc1ccc([C@H]2[C@@H](C(=O)NCc3cccnc3)CCC(=O)N2C)cc1. The number of ether oxygens (including phenoxy) is 1.